The molecule has 4 N–H and O–H groups in total. The van der Waals surface area contributed by atoms with Gasteiger partial charge in [-0.1, -0.05) is 0 Å². The number of aliphatic hydroxyl groups excluding tert-OH is 2. The second-order valence-electron chi connectivity index (χ2n) is 4.12. The van der Waals surface area contributed by atoms with E-state index in [0.29, 0.717) is 5.69 Å². The molecule has 102 valence electrons. The number of hydrogen-bond donors (Lipinski definition) is 4. The van der Waals surface area contributed by atoms with E-state index < -0.39 is 16.1 Å². The summed E-state index contributed by atoms with van der Waals surface area (Å²) in [6.07, 6.45) is 0.273. The lowest BCUT2D eigenvalue weighted by Crippen LogP contribution is -2.23. The molecular formula is C11H18N2O4S. The van der Waals surface area contributed by atoms with E-state index in [1.165, 1.54) is 0 Å². The molecule has 7 heteroatoms. The maximum absolute atomic E-state index is 11.1. The topological polar surface area (TPSA) is 98.7 Å². The smallest absolute Gasteiger partial charge is 0.229 e. The number of rotatable bonds is 6. The van der Waals surface area contributed by atoms with E-state index in [-0.39, 0.29) is 13.2 Å². The van der Waals surface area contributed by atoms with Gasteiger partial charge in [0.25, 0.3) is 0 Å². The van der Waals surface area contributed by atoms with E-state index in [2.05, 4.69) is 10.0 Å². The number of aryl methyl sites for hydroxylation is 1. The fraction of sp³-hybridized carbons (Fsp3) is 0.455. The van der Waals surface area contributed by atoms with E-state index >= 15 is 0 Å². The van der Waals surface area contributed by atoms with Crippen LogP contribution in [0.25, 0.3) is 0 Å². The molecule has 0 spiro atoms. The minimum atomic E-state index is -3.29. The van der Waals surface area contributed by atoms with Gasteiger partial charge in [-0.05, 0) is 30.7 Å². The minimum Gasteiger partial charge on any atom is -0.394 e. The van der Waals surface area contributed by atoms with Crippen LogP contribution in [0.4, 0.5) is 11.4 Å². The van der Waals surface area contributed by atoms with Gasteiger partial charge in [0, 0.05) is 12.2 Å². The fourth-order valence-electron chi connectivity index (χ4n) is 1.39. The van der Waals surface area contributed by atoms with E-state index in [1.807, 2.05) is 0 Å². The highest BCUT2D eigenvalue weighted by atomic mass is 32.2. The molecule has 0 saturated carbocycles. The van der Waals surface area contributed by atoms with Gasteiger partial charge in [-0.2, -0.15) is 0 Å². The molecule has 0 radical (unpaired) electrons. The Morgan fingerprint density at radius 3 is 2.56 bits per heavy atom. The molecule has 0 bridgehead atoms. The summed E-state index contributed by atoms with van der Waals surface area (Å²) in [5.74, 6) is 0. The number of hydrogen-bond acceptors (Lipinski definition) is 5. The van der Waals surface area contributed by atoms with Crippen molar-refractivity contribution in [3.63, 3.8) is 0 Å². The van der Waals surface area contributed by atoms with Crippen LogP contribution in [0.1, 0.15) is 5.56 Å². The van der Waals surface area contributed by atoms with Crippen LogP contribution in [0.2, 0.25) is 0 Å². The first-order valence-electron chi connectivity index (χ1n) is 5.43. The SMILES string of the molecule is Cc1cc(NCC(O)CO)ccc1NS(C)(=O)=O. The first-order chi connectivity index (χ1) is 8.31. The normalized spacial score (nSPS) is 13.1. The molecule has 0 heterocycles. The Labute approximate surface area is 107 Å². The number of nitrogens with one attached hydrogen (secondary N) is 2. The maximum atomic E-state index is 11.1. The van der Waals surface area contributed by atoms with Crippen LogP contribution in [-0.2, 0) is 10.0 Å². The van der Waals surface area contributed by atoms with Gasteiger partial charge in [0.1, 0.15) is 0 Å². The first-order valence-corrected chi connectivity index (χ1v) is 7.32. The second kappa shape index (κ2) is 6.03. The average Bonchev–Trinajstić information content (AvgIpc) is 2.27. The zero-order valence-electron chi connectivity index (χ0n) is 10.3. The summed E-state index contributed by atoms with van der Waals surface area (Å²) in [4.78, 5) is 0. The number of anilines is 2. The van der Waals surface area contributed by atoms with Crippen LogP contribution in [0, 0.1) is 6.92 Å². The molecule has 1 aromatic rings. The molecule has 0 aliphatic rings. The molecular weight excluding hydrogens is 256 g/mol. The fourth-order valence-corrected chi connectivity index (χ4v) is 2.02. The second-order valence-corrected chi connectivity index (χ2v) is 5.87. The summed E-state index contributed by atoms with van der Waals surface area (Å²) < 4.78 is 24.6. The van der Waals surface area contributed by atoms with Crippen molar-refractivity contribution in [1.29, 1.82) is 0 Å². The van der Waals surface area contributed by atoms with Crippen molar-refractivity contribution in [2.24, 2.45) is 0 Å². The largest absolute Gasteiger partial charge is 0.394 e. The number of aliphatic hydroxyl groups is 2. The van der Waals surface area contributed by atoms with Gasteiger partial charge >= 0.3 is 0 Å². The number of sulfonamides is 1. The zero-order chi connectivity index (χ0) is 13.8. The summed E-state index contributed by atoms with van der Waals surface area (Å²) in [5.41, 5.74) is 2.04. The van der Waals surface area contributed by atoms with Crippen molar-refractivity contribution in [2.45, 2.75) is 13.0 Å². The summed E-state index contributed by atoms with van der Waals surface area (Å²) in [5, 5.41) is 20.8. The van der Waals surface area contributed by atoms with Gasteiger partial charge in [-0.3, -0.25) is 4.72 Å². The molecule has 0 aromatic heterocycles. The lowest BCUT2D eigenvalue weighted by Gasteiger charge is -2.13. The van der Waals surface area contributed by atoms with Gasteiger partial charge in [0.15, 0.2) is 0 Å². The minimum absolute atomic E-state index is 0.231. The van der Waals surface area contributed by atoms with Crippen LogP contribution in [-0.4, -0.2) is 44.1 Å². The monoisotopic (exact) mass is 274 g/mol. The Bertz CT molecular complexity index is 502. The Hall–Kier alpha value is -1.31. The third-order valence-corrected chi connectivity index (χ3v) is 2.87. The summed E-state index contributed by atoms with van der Waals surface area (Å²) in [6, 6.07) is 5.10. The van der Waals surface area contributed by atoms with Crippen molar-refractivity contribution < 1.29 is 18.6 Å². The third-order valence-electron chi connectivity index (χ3n) is 2.27. The Balaban J connectivity index is 2.73. The molecule has 0 saturated heterocycles. The van der Waals surface area contributed by atoms with E-state index in [1.54, 1.807) is 25.1 Å². The lowest BCUT2D eigenvalue weighted by atomic mass is 10.2. The van der Waals surface area contributed by atoms with E-state index in [0.717, 1.165) is 17.5 Å². The standard InChI is InChI=1S/C11H18N2O4S/c1-8-5-9(12-6-10(15)7-14)3-4-11(8)13-18(2,16)17/h3-5,10,12-15H,6-7H2,1-2H3. The maximum Gasteiger partial charge on any atom is 0.229 e. The zero-order valence-corrected chi connectivity index (χ0v) is 11.2. The summed E-state index contributed by atoms with van der Waals surface area (Å²) in [7, 11) is -3.29. The number of benzene rings is 1. The molecule has 0 aliphatic heterocycles. The van der Waals surface area contributed by atoms with Gasteiger partial charge in [-0.15, -0.1) is 0 Å². The predicted octanol–water partition coefficient (Wildman–Crippen LogP) is 0.132. The van der Waals surface area contributed by atoms with Crippen LogP contribution < -0.4 is 10.0 Å². The Morgan fingerprint density at radius 1 is 1.39 bits per heavy atom. The van der Waals surface area contributed by atoms with Crippen LogP contribution in [0.15, 0.2) is 18.2 Å². The van der Waals surface area contributed by atoms with Gasteiger partial charge in [-0.25, -0.2) is 8.42 Å². The van der Waals surface area contributed by atoms with E-state index in [9.17, 15) is 13.5 Å². The Morgan fingerprint density at radius 2 is 2.06 bits per heavy atom. The summed E-state index contributed by atoms with van der Waals surface area (Å²) >= 11 is 0. The summed E-state index contributed by atoms with van der Waals surface area (Å²) in [6.45, 7) is 1.70. The molecule has 0 amide bonds. The van der Waals surface area contributed by atoms with Crippen molar-refractivity contribution in [3.8, 4) is 0 Å². The highest BCUT2D eigenvalue weighted by molar-refractivity contribution is 7.92. The van der Waals surface area contributed by atoms with Crippen molar-refractivity contribution in [1.82, 2.24) is 0 Å². The van der Waals surface area contributed by atoms with Crippen LogP contribution >= 0.6 is 0 Å². The van der Waals surface area contributed by atoms with Crippen LogP contribution in [0.3, 0.4) is 0 Å². The van der Waals surface area contributed by atoms with Crippen LogP contribution in [0.5, 0.6) is 0 Å². The molecule has 1 aromatic carbocycles. The van der Waals surface area contributed by atoms with E-state index in [4.69, 9.17) is 5.11 Å². The third kappa shape index (κ3) is 4.91. The molecule has 18 heavy (non-hydrogen) atoms. The molecule has 0 fully saturated rings. The quantitative estimate of drug-likeness (QED) is 0.591. The molecule has 1 unspecified atom stereocenters. The van der Waals surface area contributed by atoms with Gasteiger partial charge in [0.2, 0.25) is 10.0 Å². The average molecular weight is 274 g/mol. The highest BCUT2D eigenvalue weighted by Crippen LogP contribution is 2.20. The van der Waals surface area contributed by atoms with Crippen molar-refractivity contribution >= 4 is 21.4 Å². The first kappa shape index (κ1) is 14.7. The molecule has 1 rings (SSSR count). The highest BCUT2D eigenvalue weighted by Gasteiger charge is 2.06. The van der Waals surface area contributed by atoms with Gasteiger partial charge < -0.3 is 15.5 Å². The van der Waals surface area contributed by atoms with Crippen molar-refractivity contribution in [3.05, 3.63) is 23.8 Å². The Kier molecular flexibility index (Phi) is 4.94. The molecule has 1 atom stereocenters. The molecule has 6 nitrogen and oxygen atoms in total. The molecule has 0 aliphatic carbocycles. The van der Waals surface area contributed by atoms with Crippen molar-refractivity contribution in [2.75, 3.05) is 29.4 Å². The van der Waals surface area contributed by atoms with Gasteiger partial charge in [0.05, 0.1) is 24.7 Å². The lowest BCUT2D eigenvalue weighted by molar-refractivity contribution is 0.105. The predicted molar refractivity (Wildman–Crippen MR) is 71.2 cm³/mol.